The highest BCUT2D eigenvalue weighted by atomic mass is 79.9. The van der Waals surface area contributed by atoms with Gasteiger partial charge in [0.25, 0.3) is 0 Å². The number of hydrogen-bond donors (Lipinski definition) is 2. The molecule has 27 heavy (non-hydrogen) atoms. The Kier molecular flexibility index (Phi) is 7.64. The van der Waals surface area contributed by atoms with Gasteiger partial charge in [-0.15, -0.1) is 0 Å². The van der Waals surface area contributed by atoms with Crippen LogP contribution in [0, 0.1) is 0 Å². The fourth-order valence-corrected chi connectivity index (χ4v) is 3.00. The second-order valence-electron chi connectivity index (χ2n) is 5.35. The van der Waals surface area contributed by atoms with Crippen LogP contribution in [0.1, 0.15) is 12.0 Å². The van der Waals surface area contributed by atoms with Crippen LogP contribution in [0.3, 0.4) is 0 Å². The van der Waals surface area contributed by atoms with Gasteiger partial charge in [-0.2, -0.15) is 13.2 Å². The van der Waals surface area contributed by atoms with Crippen LogP contribution < -0.4 is 15.4 Å². The standard InChI is InChI=1S/C17H14BrCl2F3N2O2/c18-10-2-5-15(14(20)8-10)27-7-1-6-24-16(26)25-11-3-4-13(19)12(9-11)17(21,22)23/h2-5,8-9H,1,6-7H2,(H2,24,25,26). The molecule has 0 atom stereocenters. The third-order valence-corrected chi connectivity index (χ3v) is 4.41. The van der Waals surface area contributed by atoms with Crippen LogP contribution in [-0.4, -0.2) is 19.2 Å². The average Bonchev–Trinajstić information content (AvgIpc) is 2.57. The monoisotopic (exact) mass is 484 g/mol. The van der Waals surface area contributed by atoms with Crippen LogP contribution in [0.15, 0.2) is 40.9 Å². The number of alkyl halides is 3. The van der Waals surface area contributed by atoms with Gasteiger partial charge < -0.3 is 15.4 Å². The van der Waals surface area contributed by atoms with Gasteiger partial charge in [0.05, 0.1) is 22.2 Å². The summed E-state index contributed by atoms with van der Waals surface area (Å²) in [6.45, 7) is 0.570. The second kappa shape index (κ2) is 9.52. The molecular weight excluding hydrogens is 472 g/mol. The molecule has 0 fully saturated rings. The number of carbonyl (C=O) groups excluding carboxylic acids is 1. The second-order valence-corrected chi connectivity index (χ2v) is 7.08. The predicted molar refractivity (Wildman–Crippen MR) is 103 cm³/mol. The maximum absolute atomic E-state index is 12.8. The molecule has 2 aromatic carbocycles. The van der Waals surface area contributed by atoms with Crippen LogP contribution in [0.4, 0.5) is 23.7 Å². The number of rotatable bonds is 6. The molecule has 2 rings (SSSR count). The van der Waals surface area contributed by atoms with Gasteiger partial charge in [0.15, 0.2) is 0 Å². The van der Waals surface area contributed by atoms with E-state index in [2.05, 4.69) is 26.6 Å². The Balaban J connectivity index is 1.76. The number of carbonyl (C=O) groups is 1. The van der Waals surface area contributed by atoms with Gasteiger partial charge in [-0.05, 0) is 42.8 Å². The van der Waals surface area contributed by atoms with Crippen molar-refractivity contribution in [1.29, 1.82) is 0 Å². The summed E-state index contributed by atoms with van der Waals surface area (Å²) in [5, 5.41) is 4.88. The summed E-state index contributed by atoms with van der Waals surface area (Å²) in [4.78, 5) is 11.8. The van der Waals surface area contributed by atoms with E-state index < -0.39 is 22.8 Å². The molecule has 0 aliphatic rings. The maximum Gasteiger partial charge on any atom is 0.417 e. The minimum Gasteiger partial charge on any atom is -0.492 e. The van der Waals surface area contributed by atoms with Crippen molar-refractivity contribution in [3.05, 3.63) is 56.5 Å². The van der Waals surface area contributed by atoms with E-state index in [1.54, 1.807) is 18.2 Å². The van der Waals surface area contributed by atoms with Crippen molar-refractivity contribution in [2.24, 2.45) is 0 Å². The van der Waals surface area contributed by atoms with E-state index in [9.17, 15) is 18.0 Å². The summed E-state index contributed by atoms with van der Waals surface area (Å²) >= 11 is 14.8. The van der Waals surface area contributed by atoms with Gasteiger partial charge in [-0.25, -0.2) is 4.79 Å². The Bertz CT molecular complexity index is 819. The number of halogens is 6. The van der Waals surface area contributed by atoms with E-state index in [0.717, 1.165) is 16.6 Å². The highest BCUT2D eigenvalue weighted by Crippen LogP contribution is 2.36. The number of benzene rings is 2. The van der Waals surface area contributed by atoms with Crippen molar-refractivity contribution in [2.75, 3.05) is 18.5 Å². The number of ether oxygens (including phenoxy) is 1. The van der Waals surface area contributed by atoms with Crippen LogP contribution >= 0.6 is 39.1 Å². The number of urea groups is 1. The Morgan fingerprint density at radius 3 is 2.52 bits per heavy atom. The van der Waals surface area contributed by atoms with E-state index in [4.69, 9.17) is 27.9 Å². The molecule has 0 aliphatic carbocycles. The number of amides is 2. The highest BCUT2D eigenvalue weighted by Gasteiger charge is 2.33. The molecule has 0 radical (unpaired) electrons. The molecule has 2 aromatic rings. The summed E-state index contributed by atoms with van der Waals surface area (Å²) in [6.07, 6.45) is -4.12. The van der Waals surface area contributed by atoms with E-state index >= 15 is 0 Å². The van der Waals surface area contributed by atoms with Crippen molar-refractivity contribution in [2.45, 2.75) is 12.6 Å². The maximum atomic E-state index is 12.8. The van der Waals surface area contributed by atoms with E-state index in [1.807, 2.05) is 0 Å². The van der Waals surface area contributed by atoms with Gasteiger partial charge in [0, 0.05) is 16.7 Å². The van der Waals surface area contributed by atoms with Crippen molar-refractivity contribution < 1.29 is 22.7 Å². The van der Waals surface area contributed by atoms with Crippen LogP contribution in [-0.2, 0) is 6.18 Å². The quantitative estimate of drug-likeness (QED) is 0.467. The van der Waals surface area contributed by atoms with E-state index in [1.165, 1.54) is 6.07 Å². The van der Waals surface area contributed by atoms with Gasteiger partial charge in [0.1, 0.15) is 5.75 Å². The molecule has 0 saturated carbocycles. The van der Waals surface area contributed by atoms with E-state index in [0.29, 0.717) is 23.8 Å². The number of hydrogen-bond acceptors (Lipinski definition) is 2. The molecule has 2 amide bonds. The lowest BCUT2D eigenvalue weighted by molar-refractivity contribution is -0.137. The normalized spacial score (nSPS) is 11.2. The van der Waals surface area contributed by atoms with Crippen LogP contribution in [0.25, 0.3) is 0 Å². The van der Waals surface area contributed by atoms with E-state index in [-0.39, 0.29) is 12.2 Å². The predicted octanol–water partition coefficient (Wildman–Crippen LogP) is 6.37. The summed E-state index contributed by atoms with van der Waals surface area (Å²) in [5.41, 5.74) is -1.02. The molecule has 2 N–H and O–H groups in total. The molecular formula is C17H14BrCl2F3N2O2. The molecule has 0 bridgehead atoms. The van der Waals surface area contributed by atoms with Crippen LogP contribution in [0.2, 0.25) is 10.0 Å². The lowest BCUT2D eigenvalue weighted by Crippen LogP contribution is -2.30. The Morgan fingerprint density at radius 1 is 1.11 bits per heavy atom. The largest absolute Gasteiger partial charge is 0.492 e. The number of nitrogens with one attached hydrogen (secondary N) is 2. The zero-order chi connectivity index (χ0) is 20.0. The fraction of sp³-hybridized carbons (Fsp3) is 0.235. The topological polar surface area (TPSA) is 50.4 Å². The summed E-state index contributed by atoms with van der Waals surface area (Å²) in [5.74, 6) is 0.519. The highest BCUT2D eigenvalue weighted by molar-refractivity contribution is 9.10. The molecule has 0 aliphatic heterocycles. The van der Waals surface area contributed by atoms with Gasteiger partial charge in [-0.3, -0.25) is 0 Å². The van der Waals surface area contributed by atoms with Gasteiger partial charge >= 0.3 is 12.2 Å². The smallest absolute Gasteiger partial charge is 0.417 e. The lowest BCUT2D eigenvalue weighted by Gasteiger charge is -2.12. The third kappa shape index (κ3) is 6.79. The molecule has 0 spiro atoms. The first kappa shape index (κ1) is 21.7. The molecule has 0 unspecified atom stereocenters. The first-order chi connectivity index (χ1) is 12.7. The Morgan fingerprint density at radius 2 is 1.85 bits per heavy atom. The minimum absolute atomic E-state index is 0.0119. The molecule has 146 valence electrons. The third-order valence-electron chi connectivity index (χ3n) is 3.29. The summed E-state index contributed by atoms with van der Waals surface area (Å²) in [6, 6.07) is 7.71. The molecule has 0 saturated heterocycles. The van der Waals surface area contributed by atoms with Crippen molar-refractivity contribution in [3.63, 3.8) is 0 Å². The van der Waals surface area contributed by atoms with Gasteiger partial charge in [-0.1, -0.05) is 39.1 Å². The zero-order valence-electron chi connectivity index (χ0n) is 13.7. The first-order valence-electron chi connectivity index (χ1n) is 7.66. The SMILES string of the molecule is O=C(NCCCOc1ccc(Br)cc1Cl)Nc1ccc(Cl)c(C(F)(F)F)c1. The fourth-order valence-electron chi connectivity index (χ4n) is 2.04. The summed E-state index contributed by atoms with van der Waals surface area (Å²) < 4.78 is 44.7. The zero-order valence-corrected chi connectivity index (χ0v) is 16.8. The first-order valence-corrected chi connectivity index (χ1v) is 9.21. The Labute approximate surface area is 172 Å². The number of anilines is 1. The average molecular weight is 486 g/mol. The Hall–Kier alpha value is -1.64. The molecule has 0 heterocycles. The molecule has 4 nitrogen and oxygen atoms in total. The van der Waals surface area contributed by atoms with Crippen molar-refractivity contribution in [1.82, 2.24) is 5.32 Å². The molecule has 0 aromatic heterocycles. The van der Waals surface area contributed by atoms with Crippen molar-refractivity contribution >= 4 is 50.9 Å². The van der Waals surface area contributed by atoms with Crippen molar-refractivity contribution in [3.8, 4) is 5.75 Å². The summed E-state index contributed by atoms with van der Waals surface area (Å²) in [7, 11) is 0. The van der Waals surface area contributed by atoms with Crippen LogP contribution in [0.5, 0.6) is 5.75 Å². The minimum atomic E-state index is -4.60. The van der Waals surface area contributed by atoms with Gasteiger partial charge in [0.2, 0.25) is 0 Å². The lowest BCUT2D eigenvalue weighted by atomic mass is 10.2. The molecule has 10 heteroatoms.